The van der Waals surface area contributed by atoms with Crippen molar-refractivity contribution in [2.24, 2.45) is 5.10 Å². The normalized spacial score (nSPS) is 11.5. The molecule has 0 saturated carbocycles. The number of nitrogens with one attached hydrogen (secondary N) is 1. The van der Waals surface area contributed by atoms with Crippen LogP contribution in [0.2, 0.25) is 0 Å². The number of carbonyl (C=O) groups excluding carboxylic acids is 1. The first-order chi connectivity index (χ1) is 16.2. The Labute approximate surface area is 201 Å². The van der Waals surface area contributed by atoms with Crippen LogP contribution in [0, 0.1) is 5.82 Å². The van der Waals surface area contributed by atoms with Gasteiger partial charge in [-0.05, 0) is 64.8 Å². The van der Waals surface area contributed by atoms with E-state index in [0.29, 0.717) is 33.7 Å². The monoisotopic (exact) mass is 538 g/mol. The van der Waals surface area contributed by atoms with Gasteiger partial charge >= 0.3 is 6.18 Å². The molecule has 0 atom stereocenters. The van der Waals surface area contributed by atoms with Crippen LogP contribution in [-0.2, 0) is 12.8 Å². The molecule has 5 nitrogen and oxygen atoms in total. The minimum atomic E-state index is -4.56. The SMILES string of the molecule is CCOc1cc(/C=N\NC(=O)c2cccc(C(F)(F)F)c2)cc(Br)c1OCc1ccccc1F. The van der Waals surface area contributed by atoms with Crippen LogP contribution >= 0.6 is 15.9 Å². The summed E-state index contributed by atoms with van der Waals surface area (Å²) in [5.74, 6) is -0.470. The van der Waals surface area contributed by atoms with Crippen LogP contribution < -0.4 is 14.9 Å². The van der Waals surface area contributed by atoms with E-state index < -0.39 is 23.5 Å². The number of hydrogen-bond acceptors (Lipinski definition) is 4. The lowest BCUT2D eigenvalue weighted by Gasteiger charge is -2.15. The lowest BCUT2D eigenvalue weighted by atomic mass is 10.1. The number of carbonyl (C=O) groups is 1. The van der Waals surface area contributed by atoms with Crippen LogP contribution in [0.5, 0.6) is 11.5 Å². The molecule has 1 amide bonds. The molecule has 0 aliphatic rings. The van der Waals surface area contributed by atoms with E-state index >= 15 is 0 Å². The highest BCUT2D eigenvalue weighted by Gasteiger charge is 2.30. The quantitative estimate of drug-likeness (QED) is 0.206. The maximum atomic E-state index is 13.9. The number of rotatable bonds is 8. The molecule has 1 N–H and O–H groups in total. The molecule has 10 heteroatoms. The average molecular weight is 539 g/mol. The van der Waals surface area contributed by atoms with E-state index in [1.54, 1.807) is 37.3 Å². The zero-order valence-corrected chi connectivity index (χ0v) is 19.4. The second-order valence-corrected chi connectivity index (χ2v) is 7.78. The molecule has 0 aliphatic carbocycles. The molecule has 0 spiro atoms. The molecular weight excluding hydrogens is 520 g/mol. The predicted octanol–water partition coefficient (Wildman–Crippen LogP) is 6.35. The minimum absolute atomic E-state index is 0.0220. The highest BCUT2D eigenvalue weighted by molar-refractivity contribution is 9.10. The first kappa shape index (κ1) is 25.2. The van der Waals surface area contributed by atoms with Gasteiger partial charge in [-0.25, -0.2) is 9.82 Å². The molecule has 0 heterocycles. The maximum absolute atomic E-state index is 13.9. The minimum Gasteiger partial charge on any atom is -0.490 e. The second kappa shape index (κ2) is 11.1. The standard InChI is InChI=1S/C24H19BrF4N2O3/c1-2-33-21-11-15(10-19(25)22(21)34-14-17-6-3-4-9-20(17)26)13-30-31-23(32)16-7-5-8-18(12-16)24(27,28)29/h3-13H,2,14H2,1H3,(H,31,32)/b30-13-. The van der Waals surface area contributed by atoms with Crippen LogP contribution in [0.3, 0.4) is 0 Å². The van der Waals surface area contributed by atoms with E-state index in [0.717, 1.165) is 18.2 Å². The van der Waals surface area contributed by atoms with Crippen molar-refractivity contribution in [3.05, 3.63) is 93.2 Å². The van der Waals surface area contributed by atoms with Gasteiger partial charge in [0.15, 0.2) is 11.5 Å². The zero-order chi connectivity index (χ0) is 24.7. The molecule has 0 aliphatic heterocycles. The van der Waals surface area contributed by atoms with Crippen LogP contribution in [0.15, 0.2) is 70.2 Å². The third kappa shape index (κ3) is 6.57. The first-order valence-electron chi connectivity index (χ1n) is 10.0. The summed E-state index contributed by atoms with van der Waals surface area (Å²) >= 11 is 3.39. The van der Waals surface area contributed by atoms with Crippen molar-refractivity contribution in [2.45, 2.75) is 19.7 Å². The lowest BCUT2D eigenvalue weighted by molar-refractivity contribution is -0.137. The molecule has 3 aromatic rings. The van der Waals surface area contributed by atoms with Gasteiger partial charge < -0.3 is 9.47 Å². The lowest BCUT2D eigenvalue weighted by Crippen LogP contribution is -2.18. The van der Waals surface area contributed by atoms with E-state index in [1.165, 1.54) is 18.3 Å². The number of amides is 1. The summed E-state index contributed by atoms with van der Waals surface area (Å²) in [6.45, 7) is 2.09. The summed E-state index contributed by atoms with van der Waals surface area (Å²) in [6.07, 6.45) is -3.25. The summed E-state index contributed by atoms with van der Waals surface area (Å²) in [6, 6.07) is 13.5. The summed E-state index contributed by atoms with van der Waals surface area (Å²) < 4.78 is 64.3. The fourth-order valence-corrected chi connectivity index (χ4v) is 3.47. The Morgan fingerprint density at radius 3 is 2.56 bits per heavy atom. The smallest absolute Gasteiger partial charge is 0.416 e. The largest absolute Gasteiger partial charge is 0.490 e. The van der Waals surface area contributed by atoms with Crippen LogP contribution in [0.25, 0.3) is 0 Å². The van der Waals surface area contributed by atoms with Crippen LogP contribution in [0.1, 0.15) is 34.0 Å². The van der Waals surface area contributed by atoms with Gasteiger partial charge in [0.1, 0.15) is 12.4 Å². The average Bonchev–Trinajstić information content (AvgIpc) is 2.79. The van der Waals surface area contributed by atoms with Crippen LogP contribution in [0.4, 0.5) is 17.6 Å². The Hall–Kier alpha value is -3.40. The van der Waals surface area contributed by atoms with E-state index in [-0.39, 0.29) is 12.2 Å². The van der Waals surface area contributed by atoms with Gasteiger partial charge in [-0.2, -0.15) is 18.3 Å². The summed E-state index contributed by atoms with van der Waals surface area (Å²) in [5, 5.41) is 3.81. The van der Waals surface area contributed by atoms with Gasteiger partial charge in [-0.1, -0.05) is 24.3 Å². The summed E-state index contributed by atoms with van der Waals surface area (Å²) in [7, 11) is 0. The van der Waals surface area contributed by atoms with Crippen molar-refractivity contribution >= 4 is 28.1 Å². The predicted molar refractivity (Wildman–Crippen MR) is 123 cm³/mol. The Morgan fingerprint density at radius 2 is 1.85 bits per heavy atom. The zero-order valence-electron chi connectivity index (χ0n) is 17.8. The Bertz CT molecular complexity index is 1200. The molecule has 0 saturated heterocycles. The Kier molecular flexibility index (Phi) is 8.27. The number of ether oxygens (including phenoxy) is 2. The van der Waals surface area contributed by atoms with E-state index in [4.69, 9.17) is 9.47 Å². The molecule has 3 aromatic carbocycles. The third-order valence-electron chi connectivity index (χ3n) is 4.49. The third-order valence-corrected chi connectivity index (χ3v) is 5.08. The van der Waals surface area contributed by atoms with E-state index in [9.17, 15) is 22.4 Å². The number of halogens is 5. The van der Waals surface area contributed by atoms with E-state index in [1.807, 2.05) is 0 Å². The Morgan fingerprint density at radius 1 is 1.09 bits per heavy atom. The van der Waals surface area contributed by atoms with Gasteiger partial charge in [-0.3, -0.25) is 4.79 Å². The van der Waals surface area contributed by atoms with Crippen molar-refractivity contribution < 1.29 is 31.8 Å². The van der Waals surface area contributed by atoms with Gasteiger partial charge in [0.05, 0.1) is 22.9 Å². The first-order valence-corrected chi connectivity index (χ1v) is 10.8. The van der Waals surface area contributed by atoms with Crippen molar-refractivity contribution in [2.75, 3.05) is 6.61 Å². The van der Waals surface area contributed by atoms with Crippen molar-refractivity contribution in [1.29, 1.82) is 0 Å². The molecule has 34 heavy (non-hydrogen) atoms. The van der Waals surface area contributed by atoms with Crippen molar-refractivity contribution in [3.63, 3.8) is 0 Å². The van der Waals surface area contributed by atoms with Gasteiger partial charge in [0, 0.05) is 11.1 Å². The van der Waals surface area contributed by atoms with Crippen molar-refractivity contribution in [1.82, 2.24) is 5.43 Å². The molecule has 178 valence electrons. The molecule has 0 unspecified atom stereocenters. The highest BCUT2D eigenvalue weighted by Crippen LogP contribution is 2.37. The molecule has 0 fully saturated rings. The highest BCUT2D eigenvalue weighted by atomic mass is 79.9. The van der Waals surface area contributed by atoms with Gasteiger partial charge in [0.2, 0.25) is 0 Å². The fraction of sp³-hybridized carbons (Fsp3) is 0.167. The molecular formula is C24H19BrF4N2O3. The number of benzene rings is 3. The number of nitrogens with zero attached hydrogens (tertiary/aromatic N) is 1. The number of hydrogen-bond donors (Lipinski definition) is 1. The summed E-state index contributed by atoms with van der Waals surface area (Å²) in [4.78, 5) is 12.2. The molecule has 3 rings (SSSR count). The fourth-order valence-electron chi connectivity index (χ4n) is 2.90. The van der Waals surface area contributed by atoms with Gasteiger partial charge in [0.25, 0.3) is 5.91 Å². The Balaban J connectivity index is 1.73. The number of hydrazone groups is 1. The molecule has 0 aromatic heterocycles. The van der Waals surface area contributed by atoms with Gasteiger partial charge in [-0.15, -0.1) is 0 Å². The maximum Gasteiger partial charge on any atom is 0.416 e. The summed E-state index contributed by atoms with van der Waals surface area (Å²) in [5.41, 5.74) is 1.97. The topological polar surface area (TPSA) is 59.9 Å². The number of alkyl halides is 3. The molecule has 0 radical (unpaired) electrons. The van der Waals surface area contributed by atoms with Crippen LogP contribution in [-0.4, -0.2) is 18.7 Å². The molecule has 0 bridgehead atoms. The van der Waals surface area contributed by atoms with Crippen molar-refractivity contribution in [3.8, 4) is 11.5 Å². The van der Waals surface area contributed by atoms with E-state index in [2.05, 4.69) is 26.5 Å². The second-order valence-electron chi connectivity index (χ2n) is 6.92.